The number of pyridine rings is 1. The number of carbonyl (C=O) groups is 1. The Morgan fingerprint density at radius 1 is 1.21 bits per heavy atom. The third-order valence-electron chi connectivity index (χ3n) is 3.27. The van der Waals surface area contributed by atoms with Gasteiger partial charge >= 0.3 is 0 Å². The lowest BCUT2D eigenvalue weighted by atomic mass is 10.3. The van der Waals surface area contributed by atoms with Gasteiger partial charge in [0.25, 0.3) is 5.91 Å². The van der Waals surface area contributed by atoms with Crippen molar-refractivity contribution in [3.8, 4) is 0 Å². The fourth-order valence-corrected chi connectivity index (χ4v) is 2.14. The molecule has 2 N–H and O–H groups in total. The van der Waals surface area contributed by atoms with Gasteiger partial charge in [-0.2, -0.15) is 0 Å². The van der Waals surface area contributed by atoms with Crippen molar-refractivity contribution < 1.29 is 9.21 Å². The molecule has 1 amide bonds. The molecule has 0 aromatic carbocycles. The fraction of sp³-hybridized carbons (Fsp3) is 0.176. The van der Waals surface area contributed by atoms with Crippen LogP contribution in [0.5, 0.6) is 0 Å². The van der Waals surface area contributed by atoms with E-state index in [1.807, 2.05) is 12.1 Å². The molecular weight excluding hydrogens is 306 g/mol. The molecule has 0 atom stereocenters. The third-order valence-corrected chi connectivity index (χ3v) is 3.27. The molecule has 0 fully saturated rings. The molecule has 0 aliphatic rings. The van der Waals surface area contributed by atoms with Crippen molar-refractivity contribution in [3.63, 3.8) is 0 Å². The first kappa shape index (κ1) is 15.7. The van der Waals surface area contributed by atoms with E-state index in [1.54, 1.807) is 43.8 Å². The van der Waals surface area contributed by atoms with Crippen molar-refractivity contribution >= 4 is 11.7 Å². The van der Waals surface area contributed by atoms with Gasteiger partial charge in [-0.3, -0.25) is 9.78 Å². The number of aryl methyl sites for hydroxylation is 1. The van der Waals surface area contributed by atoms with Crippen molar-refractivity contribution in [2.75, 3.05) is 5.32 Å². The van der Waals surface area contributed by atoms with Gasteiger partial charge in [0, 0.05) is 25.0 Å². The van der Waals surface area contributed by atoms with E-state index in [9.17, 15) is 4.79 Å². The van der Waals surface area contributed by atoms with Crippen LogP contribution in [-0.4, -0.2) is 20.9 Å². The van der Waals surface area contributed by atoms with Crippen molar-refractivity contribution in [2.24, 2.45) is 0 Å². The maximum Gasteiger partial charge on any atom is 0.270 e. The summed E-state index contributed by atoms with van der Waals surface area (Å²) in [4.78, 5) is 24.8. The lowest BCUT2D eigenvalue weighted by Gasteiger charge is -2.09. The molecule has 3 aromatic heterocycles. The van der Waals surface area contributed by atoms with Gasteiger partial charge in [-0.15, -0.1) is 0 Å². The molecular formula is C17H17N5O2. The topological polar surface area (TPSA) is 92.9 Å². The van der Waals surface area contributed by atoms with E-state index in [1.165, 1.54) is 0 Å². The number of nitrogens with zero attached hydrogens (tertiary/aromatic N) is 3. The number of anilines is 1. The molecule has 0 unspecified atom stereocenters. The minimum Gasteiger partial charge on any atom is -0.467 e. The number of furan rings is 1. The van der Waals surface area contributed by atoms with Crippen LogP contribution in [0.2, 0.25) is 0 Å². The Balaban J connectivity index is 1.65. The van der Waals surface area contributed by atoms with E-state index in [0.29, 0.717) is 36.2 Å². The summed E-state index contributed by atoms with van der Waals surface area (Å²) in [5, 5.41) is 5.95. The van der Waals surface area contributed by atoms with Gasteiger partial charge in [-0.05, 0) is 30.7 Å². The number of hydrogen-bond donors (Lipinski definition) is 2. The Labute approximate surface area is 139 Å². The van der Waals surface area contributed by atoms with Crippen molar-refractivity contribution in [2.45, 2.75) is 20.0 Å². The molecule has 0 radical (unpaired) electrons. The summed E-state index contributed by atoms with van der Waals surface area (Å²) in [7, 11) is 0. The van der Waals surface area contributed by atoms with E-state index in [4.69, 9.17) is 4.42 Å². The molecule has 3 aromatic rings. The van der Waals surface area contributed by atoms with Crippen LogP contribution in [0.15, 0.2) is 53.4 Å². The van der Waals surface area contributed by atoms with Crippen molar-refractivity contribution in [1.82, 2.24) is 20.3 Å². The molecule has 7 heteroatoms. The zero-order valence-corrected chi connectivity index (χ0v) is 13.2. The molecule has 0 aliphatic heterocycles. The van der Waals surface area contributed by atoms with E-state index >= 15 is 0 Å². The van der Waals surface area contributed by atoms with Gasteiger partial charge in [0.2, 0.25) is 0 Å². The lowest BCUT2D eigenvalue weighted by molar-refractivity contribution is 0.0942. The van der Waals surface area contributed by atoms with Crippen LogP contribution in [0.1, 0.15) is 27.6 Å². The van der Waals surface area contributed by atoms with Crippen LogP contribution in [0.25, 0.3) is 0 Å². The zero-order chi connectivity index (χ0) is 16.8. The van der Waals surface area contributed by atoms with Gasteiger partial charge in [0.1, 0.15) is 23.1 Å². The highest BCUT2D eigenvalue weighted by Crippen LogP contribution is 2.09. The molecule has 0 bridgehead atoms. The average Bonchev–Trinajstić information content (AvgIpc) is 3.12. The predicted molar refractivity (Wildman–Crippen MR) is 88.2 cm³/mol. The van der Waals surface area contributed by atoms with Crippen molar-refractivity contribution in [1.29, 1.82) is 0 Å². The maximum atomic E-state index is 12.2. The molecule has 3 rings (SSSR count). The first-order valence-corrected chi connectivity index (χ1v) is 7.50. The molecule has 0 spiro atoms. The van der Waals surface area contributed by atoms with Gasteiger partial charge in [0.05, 0.1) is 12.8 Å². The normalized spacial score (nSPS) is 10.4. The molecule has 122 valence electrons. The Bertz CT molecular complexity index is 803. The SMILES string of the molecule is Cc1nc(NCc2cccnc2)cc(C(=O)NCc2ccco2)n1. The minimum atomic E-state index is -0.277. The molecule has 0 saturated carbocycles. The van der Waals surface area contributed by atoms with Gasteiger partial charge in [-0.25, -0.2) is 9.97 Å². The number of rotatable bonds is 6. The summed E-state index contributed by atoms with van der Waals surface area (Å²) in [6.07, 6.45) is 5.06. The second kappa shape index (κ2) is 7.36. The van der Waals surface area contributed by atoms with Crippen LogP contribution in [0.4, 0.5) is 5.82 Å². The largest absolute Gasteiger partial charge is 0.467 e. The molecule has 24 heavy (non-hydrogen) atoms. The van der Waals surface area contributed by atoms with E-state index in [-0.39, 0.29) is 5.91 Å². The highest BCUT2D eigenvalue weighted by atomic mass is 16.3. The highest BCUT2D eigenvalue weighted by Gasteiger charge is 2.11. The van der Waals surface area contributed by atoms with E-state index in [2.05, 4.69) is 25.6 Å². The maximum absolute atomic E-state index is 12.2. The lowest BCUT2D eigenvalue weighted by Crippen LogP contribution is -2.24. The Morgan fingerprint density at radius 3 is 2.88 bits per heavy atom. The standard InChI is InChI=1S/C17H17N5O2/c1-12-21-15(17(23)20-11-14-5-3-7-24-14)8-16(22-12)19-10-13-4-2-6-18-9-13/h2-9H,10-11H2,1H3,(H,20,23)(H,19,21,22). The van der Waals surface area contributed by atoms with Crippen molar-refractivity contribution in [3.05, 3.63) is 71.8 Å². The smallest absolute Gasteiger partial charge is 0.270 e. The number of aromatic nitrogens is 3. The summed E-state index contributed by atoms with van der Waals surface area (Å²) in [6.45, 7) is 2.63. The number of nitrogens with one attached hydrogen (secondary N) is 2. The number of carbonyl (C=O) groups excluding carboxylic acids is 1. The summed E-state index contributed by atoms with van der Waals surface area (Å²) in [5.74, 6) is 1.52. The molecule has 3 heterocycles. The van der Waals surface area contributed by atoms with E-state index in [0.717, 1.165) is 5.56 Å². The monoisotopic (exact) mass is 323 g/mol. The third kappa shape index (κ3) is 4.16. The fourth-order valence-electron chi connectivity index (χ4n) is 2.14. The van der Waals surface area contributed by atoms with Gasteiger partial charge in [0.15, 0.2) is 0 Å². The summed E-state index contributed by atoms with van der Waals surface area (Å²) >= 11 is 0. The van der Waals surface area contributed by atoms with Crippen LogP contribution in [0, 0.1) is 6.92 Å². The Kier molecular flexibility index (Phi) is 4.81. The highest BCUT2D eigenvalue weighted by molar-refractivity contribution is 5.92. The predicted octanol–water partition coefficient (Wildman–Crippen LogP) is 2.32. The second-order valence-electron chi connectivity index (χ2n) is 5.16. The first-order valence-electron chi connectivity index (χ1n) is 7.50. The number of amides is 1. The summed E-state index contributed by atoms with van der Waals surface area (Å²) < 4.78 is 5.19. The summed E-state index contributed by atoms with van der Waals surface area (Å²) in [5.41, 5.74) is 1.33. The second-order valence-corrected chi connectivity index (χ2v) is 5.16. The summed E-state index contributed by atoms with van der Waals surface area (Å²) in [6, 6.07) is 9.03. The zero-order valence-electron chi connectivity index (χ0n) is 13.2. The molecule has 7 nitrogen and oxygen atoms in total. The molecule has 0 aliphatic carbocycles. The van der Waals surface area contributed by atoms with Gasteiger partial charge in [-0.1, -0.05) is 6.07 Å². The average molecular weight is 323 g/mol. The quantitative estimate of drug-likeness (QED) is 0.723. The minimum absolute atomic E-state index is 0.277. The van der Waals surface area contributed by atoms with Crippen LogP contribution in [-0.2, 0) is 13.1 Å². The van der Waals surface area contributed by atoms with E-state index < -0.39 is 0 Å². The van der Waals surface area contributed by atoms with Crippen LogP contribution < -0.4 is 10.6 Å². The van der Waals surface area contributed by atoms with Crippen LogP contribution >= 0.6 is 0 Å². The van der Waals surface area contributed by atoms with Crippen LogP contribution in [0.3, 0.4) is 0 Å². The first-order chi connectivity index (χ1) is 11.7. The van der Waals surface area contributed by atoms with Gasteiger partial charge < -0.3 is 15.1 Å². The molecule has 0 saturated heterocycles. The number of hydrogen-bond acceptors (Lipinski definition) is 6. The Hall–Kier alpha value is -3.22. The Morgan fingerprint density at radius 2 is 2.12 bits per heavy atom.